The summed E-state index contributed by atoms with van der Waals surface area (Å²) < 4.78 is 13.3. The van der Waals surface area contributed by atoms with E-state index in [-0.39, 0.29) is 18.8 Å². The van der Waals surface area contributed by atoms with Crippen LogP contribution in [-0.2, 0) is 0 Å². The van der Waals surface area contributed by atoms with E-state index in [9.17, 15) is 18.8 Å². The fourth-order valence-corrected chi connectivity index (χ4v) is 1.37. The molecular formula is C11H13FN4O4. The molecule has 0 saturated carbocycles. The Balaban J connectivity index is 2.60. The minimum Gasteiger partial charge on any atom is -0.478 e. The van der Waals surface area contributed by atoms with Gasteiger partial charge in [0.15, 0.2) is 0 Å². The molecule has 1 rings (SSSR count). The predicted octanol–water partition coefficient (Wildman–Crippen LogP) is 0.314. The van der Waals surface area contributed by atoms with Gasteiger partial charge in [-0.15, -0.1) is 0 Å². The van der Waals surface area contributed by atoms with E-state index in [1.165, 1.54) is 12.1 Å². The zero-order valence-corrected chi connectivity index (χ0v) is 10.3. The lowest BCUT2D eigenvalue weighted by Gasteiger charge is -2.10. The van der Waals surface area contributed by atoms with E-state index in [4.69, 9.17) is 10.8 Å². The number of anilines is 1. The smallest absolute Gasteiger partial charge is 0.340 e. The molecule has 0 aliphatic rings. The number of urea groups is 2. The molecule has 4 amide bonds. The Kier molecular flexibility index (Phi) is 5.27. The van der Waals surface area contributed by atoms with Crippen molar-refractivity contribution in [1.29, 1.82) is 0 Å². The number of hydrogen-bond donors (Lipinski definition) is 5. The number of rotatable bonds is 5. The van der Waals surface area contributed by atoms with Crippen LogP contribution in [0.5, 0.6) is 0 Å². The molecule has 1 aromatic carbocycles. The number of halogens is 1. The van der Waals surface area contributed by atoms with Crippen molar-refractivity contribution in [2.45, 2.75) is 0 Å². The molecule has 0 fully saturated rings. The van der Waals surface area contributed by atoms with Crippen LogP contribution in [0.4, 0.5) is 19.7 Å². The van der Waals surface area contributed by atoms with Crippen molar-refractivity contribution >= 4 is 23.7 Å². The van der Waals surface area contributed by atoms with Gasteiger partial charge in [0.1, 0.15) is 11.4 Å². The number of amides is 4. The van der Waals surface area contributed by atoms with Crippen molar-refractivity contribution in [1.82, 2.24) is 10.6 Å². The Morgan fingerprint density at radius 3 is 2.45 bits per heavy atom. The van der Waals surface area contributed by atoms with Gasteiger partial charge in [-0.25, -0.2) is 18.8 Å². The Labute approximate surface area is 113 Å². The first-order chi connectivity index (χ1) is 9.41. The van der Waals surface area contributed by atoms with Gasteiger partial charge >= 0.3 is 18.0 Å². The van der Waals surface area contributed by atoms with Gasteiger partial charge in [0.2, 0.25) is 0 Å². The summed E-state index contributed by atoms with van der Waals surface area (Å²) in [6.07, 6.45) is 0. The summed E-state index contributed by atoms with van der Waals surface area (Å²) in [7, 11) is 0. The lowest BCUT2D eigenvalue weighted by Crippen LogP contribution is -2.38. The van der Waals surface area contributed by atoms with E-state index in [0.29, 0.717) is 0 Å². The zero-order valence-electron chi connectivity index (χ0n) is 10.3. The van der Waals surface area contributed by atoms with Gasteiger partial charge in [0.25, 0.3) is 0 Å². The first-order valence-electron chi connectivity index (χ1n) is 5.51. The monoisotopic (exact) mass is 284 g/mol. The Hall–Kier alpha value is -2.84. The van der Waals surface area contributed by atoms with Crippen LogP contribution in [0, 0.1) is 5.82 Å². The number of carbonyl (C=O) groups is 3. The predicted molar refractivity (Wildman–Crippen MR) is 68.0 cm³/mol. The molecule has 0 bridgehead atoms. The minimum atomic E-state index is -1.49. The molecule has 6 N–H and O–H groups in total. The highest BCUT2D eigenvalue weighted by molar-refractivity contribution is 6.00. The second kappa shape index (κ2) is 6.92. The van der Waals surface area contributed by atoms with Crippen molar-refractivity contribution in [2.75, 3.05) is 18.4 Å². The normalized spacial score (nSPS) is 9.65. The molecular weight excluding hydrogens is 271 g/mol. The topological polar surface area (TPSA) is 134 Å². The maximum absolute atomic E-state index is 13.3. The largest absolute Gasteiger partial charge is 0.478 e. The van der Waals surface area contributed by atoms with E-state index in [1.54, 1.807) is 0 Å². The van der Waals surface area contributed by atoms with Gasteiger partial charge in [0, 0.05) is 13.1 Å². The molecule has 0 aromatic heterocycles. The molecule has 0 aliphatic heterocycles. The van der Waals surface area contributed by atoms with E-state index in [0.717, 1.165) is 6.07 Å². The standard InChI is InChI=1S/C11H13FN4O4/c12-6-2-1-3-7(8(6)9(17)18)16-11(20)15-5-4-14-10(13)19/h1-3H,4-5H2,(H,17,18)(H3,13,14,19)(H2,15,16,20). The van der Waals surface area contributed by atoms with Crippen LogP contribution >= 0.6 is 0 Å². The molecule has 0 unspecified atom stereocenters. The number of carbonyl (C=O) groups excluding carboxylic acids is 2. The number of carboxylic acids is 1. The Morgan fingerprint density at radius 1 is 1.20 bits per heavy atom. The second-order valence-electron chi connectivity index (χ2n) is 3.64. The molecule has 8 nitrogen and oxygen atoms in total. The molecule has 0 spiro atoms. The zero-order chi connectivity index (χ0) is 15.1. The van der Waals surface area contributed by atoms with Crippen LogP contribution in [-0.4, -0.2) is 36.2 Å². The van der Waals surface area contributed by atoms with Crippen LogP contribution in [0.2, 0.25) is 0 Å². The van der Waals surface area contributed by atoms with Crippen LogP contribution in [0.15, 0.2) is 18.2 Å². The van der Waals surface area contributed by atoms with Gasteiger partial charge in [-0.1, -0.05) is 6.07 Å². The molecule has 20 heavy (non-hydrogen) atoms. The highest BCUT2D eigenvalue weighted by Gasteiger charge is 2.16. The fourth-order valence-electron chi connectivity index (χ4n) is 1.37. The number of carboxylic acid groups (broad SMARTS) is 1. The third kappa shape index (κ3) is 4.44. The highest BCUT2D eigenvalue weighted by Crippen LogP contribution is 2.18. The van der Waals surface area contributed by atoms with Gasteiger partial charge in [-0.2, -0.15) is 0 Å². The molecule has 0 atom stereocenters. The quantitative estimate of drug-likeness (QED) is 0.497. The van der Waals surface area contributed by atoms with Crippen LogP contribution in [0.1, 0.15) is 10.4 Å². The molecule has 1 aromatic rings. The van der Waals surface area contributed by atoms with E-state index < -0.39 is 29.4 Å². The molecule has 0 heterocycles. The third-order valence-electron chi connectivity index (χ3n) is 2.19. The van der Waals surface area contributed by atoms with Gasteiger partial charge < -0.3 is 26.8 Å². The van der Waals surface area contributed by atoms with E-state index in [1.807, 2.05) is 0 Å². The molecule has 9 heteroatoms. The molecule has 0 saturated heterocycles. The first kappa shape index (κ1) is 15.2. The summed E-state index contributed by atoms with van der Waals surface area (Å²) >= 11 is 0. The molecule has 0 aliphatic carbocycles. The maximum atomic E-state index is 13.3. The Bertz CT molecular complexity index is 535. The summed E-state index contributed by atoms with van der Waals surface area (Å²) in [5, 5.41) is 15.6. The van der Waals surface area contributed by atoms with Crippen LogP contribution in [0.25, 0.3) is 0 Å². The average molecular weight is 284 g/mol. The van der Waals surface area contributed by atoms with E-state index >= 15 is 0 Å². The lowest BCUT2D eigenvalue weighted by molar-refractivity contribution is 0.0693. The van der Waals surface area contributed by atoms with Gasteiger partial charge in [-0.05, 0) is 12.1 Å². The maximum Gasteiger partial charge on any atom is 0.340 e. The average Bonchev–Trinajstić information content (AvgIpc) is 2.34. The van der Waals surface area contributed by atoms with Crippen molar-refractivity contribution in [3.05, 3.63) is 29.6 Å². The second-order valence-corrected chi connectivity index (χ2v) is 3.64. The third-order valence-corrected chi connectivity index (χ3v) is 2.19. The van der Waals surface area contributed by atoms with Crippen molar-refractivity contribution in [2.24, 2.45) is 5.73 Å². The van der Waals surface area contributed by atoms with E-state index in [2.05, 4.69) is 16.0 Å². The van der Waals surface area contributed by atoms with Crippen LogP contribution in [0.3, 0.4) is 0 Å². The van der Waals surface area contributed by atoms with Crippen molar-refractivity contribution in [3.63, 3.8) is 0 Å². The summed E-state index contributed by atoms with van der Waals surface area (Å²) in [6.45, 7) is 0.185. The number of hydrogen-bond acceptors (Lipinski definition) is 3. The summed E-state index contributed by atoms with van der Waals surface area (Å²) in [5.74, 6) is -2.44. The molecule has 108 valence electrons. The molecule has 0 radical (unpaired) electrons. The number of aromatic carboxylic acids is 1. The number of nitrogens with one attached hydrogen (secondary N) is 3. The number of primary amides is 1. The summed E-state index contributed by atoms with van der Waals surface area (Å²) in [4.78, 5) is 32.7. The first-order valence-corrected chi connectivity index (χ1v) is 5.51. The van der Waals surface area contributed by atoms with Gasteiger partial charge in [-0.3, -0.25) is 0 Å². The highest BCUT2D eigenvalue weighted by atomic mass is 19.1. The minimum absolute atomic E-state index is 0.0759. The lowest BCUT2D eigenvalue weighted by atomic mass is 10.1. The van der Waals surface area contributed by atoms with Crippen molar-refractivity contribution in [3.8, 4) is 0 Å². The summed E-state index contributed by atoms with van der Waals surface area (Å²) in [6, 6.07) is 2.04. The Morgan fingerprint density at radius 2 is 1.85 bits per heavy atom. The summed E-state index contributed by atoms with van der Waals surface area (Å²) in [5.41, 5.74) is 4.02. The van der Waals surface area contributed by atoms with Crippen LogP contribution < -0.4 is 21.7 Å². The van der Waals surface area contributed by atoms with Crippen molar-refractivity contribution < 1.29 is 23.9 Å². The number of benzene rings is 1. The van der Waals surface area contributed by atoms with Gasteiger partial charge in [0.05, 0.1) is 5.69 Å². The fraction of sp³-hybridized carbons (Fsp3) is 0.182. The SMILES string of the molecule is NC(=O)NCCNC(=O)Nc1cccc(F)c1C(=O)O. The number of nitrogens with two attached hydrogens (primary N) is 1.